The normalized spacial score (nSPS) is 17.1. The molecule has 0 aromatic carbocycles. The number of nitrogens with zero attached hydrogens (tertiary/aromatic N) is 1. The summed E-state index contributed by atoms with van der Waals surface area (Å²) in [5, 5.41) is 0. The number of likely N-dealkylation sites (tertiary alicyclic amines) is 1. The Bertz CT molecular complexity index is 529. The SMILES string of the molecule is C#CCN1CCC(OP(=O)(OC)OCCCCCCCCCCCCCCCCCC)CC1. The van der Waals surface area contributed by atoms with Crippen molar-refractivity contribution < 1.29 is 18.1 Å². The summed E-state index contributed by atoms with van der Waals surface area (Å²) in [6.45, 7) is 5.08. The molecule has 1 heterocycles. The Hall–Kier alpha value is -0.370. The van der Waals surface area contributed by atoms with Gasteiger partial charge in [0.25, 0.3) is 0 Å². The van der Waals surface area contributed by atoms with Crippen molar-refractivity contribution in [2.75, 3.05) is 33.4 Å². The minimum atomic E-state index is -3.45. The van der Waals surface area contributed by atoms with Gasteiger partial charge in [-0.3, -0.25) is 18.5 Å². The van der Waals surface area contributed by atoms with Crippen molar-refractivity contribution >= 4 is 7.82 Å². The minimum absolute atomic E-state index is 0.0874. The third-order valence-electron chi connectivity index (χ3n) is 6.60. The largest absolute Gasteiger partial charge is 0.474 e. The number of piperidine rings is 1. The first kappa shape index (κ1) is 30.7. The van der Waals surface area contributed by atoms with Crippen LogP contribution in [0.3, 0.4) is 0 Å². The van der Waals surface area contributed by atoms with Gasteiger partial charge in [0.2, 0.25) is 0 Å². The zero-order chi connectivity index (χ0) is 24.0. The van der Waals surface area contributed by atoms with Crippen LogP contribution in [-0.4, -0.2) is 44.4 Å². The van der Waals surface area contributed by atoms with Gasteiger partial charge in [0.15, 0.2) is 0 Å². The average molecular weight is 486 g/mol. The van der Waals surface area contributed by atoms with Gasteiger partial charge in [0.05, 0.1) is 19.3 Å². The highest BCUT2D eigenvalue weighted by molar-refractivity contribution is 7.48. The lowest BCUT2D eigenvalue weighted by Gasteiger charge is -2.31. The van der Waals surface area contributed by atoms with Crippen LogP contribution in [-0.2, 0) is 18.1 Å². The summed E-state index contributed by atoms with van der Waals surface area (Å²) < 4.78 is 29.1. The van der Waals surface area contributed by atoms with Gasteiger partial charge in [-0.25, -0.2) is 4.57 Å². The first-order chi connectivity index (χ1) is 16.1. The predicted molar refractivity (Wildman–Crippen MR) is 139 cm³/mol. The molecular weight excluding hydrogens is 433 g/mol. The summed E-state index contributed by atoms with van der Waals surface area (Å²) in [6, 6.07) is 0. The molecule has 1 fully saturated rings. The number of hydrogen-bond donors (Lipinski definition) is 0. The molecule has 0 N–H and O–H groups in total. The zero-order valence-electron chi connectivity index (χ0n) is 21.7. The molecule has 0 radical (unpaired) electrons. The van der Waals surface area contributed by atoms with Crippen LogP contribution in [0.2, 0.25) is 0 Å². The Morgan fingerprint density at radius 2 is 1.27 bits per heavy atom. The highest BCUT2D eigenvalue weighted by Gasteiger charge is 2.31. The van der Waals surface area contributed by atoms with E-state index >= 15 is 0 Å². The van der Waals surface area contributed by atoms with E-state index in [9.17, 15) is 4.57 Å². The van der Waals surface area contributed by atoms with Gasteiger partial charge in [-0.05, 0) is 19.3 Å². The van der Waals surface area contributed by atoms with Gasteiger partial charge in [-0.1, -0.05) is 109 Å². The smallest absolute Gasteiger partial charge is 0.292 e. The molecule has 6 heteroatoms. The fourth-order valence-corrected chi connectivity index (χ4v) is 5.62. The first-order valence-electron chi connectivity index (χ1n) is 13.8. The van der Waals surface area contributed by atoms with Gasteiger partial charge in [0.1, 0.15) is 0 Å². The molecule has 5 nitrogen and oxygen atoms in total. The van der Waals surface area contributed by atoms with Crippen LogP contribution in [0.1, 0.15) is 122 Å². The van der Waals surface area contributed by atoms with Crippen molar-refractivity contribution in [2.45, 2.75) is 129 Å². The van der Waals surface area contributed by atoms with E-state index in [2.05, 4.69) is 17.7 Å². The number of phosphoric ester groups is 1. The van der Waals surface area contributed by atoms with Crippen LogP contribution in [0.5, 0.6) is 0 Å². The van der Waals surface area contributed by atoms with Crippen LogP contribution < -0.4 is 0 Å². The van der Waals surface area contributed by atoms with Crippen LogP contribution >= 0.6 is 7.82 Å². The summed E-state index contributed by atoms with van der Waals surface area (Å²) in [5.74, 6) is 2.67. The molecule has 0 saturated carbocycles. The Morgan fingerprint density at radius 3 is 1.70 bits per heavy atom. The van der Waals surface area contributed by atoms with Crippen molar-refractivity contribution in [3.63, 3.8) is 0 Å². The monoisotopic (exact) mass is 485 g/mol. The van der Waals surface area contributed by atoms with Crippen molar-refractivity contribution in [1.29, 1.82) is 0 Å². The molecule has 1 atom stereocenters. The van der Waals surface area contributed by atoms with Gasteiger partial charge in [-0.15, -0.1) is 6.42 Å². The number of terminal acetylenes is 1. The second-order valence-electron chi connectivity index (χ2n) is 9.55. The molecular formula is C27H52NO4P. The minimum Gasteiger partial charge on any atom is -0.292 e. The molecule has 0 amide bonds. The van der Waals surface area contributed by atoms with Crippen molar-refractivity contribution in [3.8, 4) is 12.3 Å². The fraction of sp³-hybridized carbons (Fsp3) is 0.926. The van der Waals surface area contributed by atoms with E-state index in [4.69, 9.17) is 20.0 Å². The molecule has 1 rings (SSSR count). The highest BCUT2D eigenvalue weighted by atomic mass is 31.2. The Kier molecular flexibility index (Phi) is 19.5. The highest BCUT2D eigenvalue weighted by Crippen LogP contribution is 2.50. The van der Waals surface area contributed by atoms with Crippen molar-refractivity contribution in [1.82, 2.24) is 4.90 Å². The lowest BCUT2D eigenvalue weighted by Crippen LogP contribution is -2.36. The molecule has 1 saturated heterocycles. The summed E-state index contributed by atoms with van der Waals surface area (Å²) in [5.41, 5.74) is 0. The number of phosphoric acid groups is 1. The van der Waals surface area contributed by atoms with Gasteiger partial charge in [-0.2, -0.15) is 0 Å². The third-order valence-corrected chi connectivity index (χ3v) is 8.10. The average Bonchev–Trinajstić information content (AvgIpc) is 2.82. The zero-order valence-corrected chi connectivity index (χ0v) is 22.6. The van der Waals surface area contributed by atoms with E-state index in [1.807, 2.05) is 0 Å². The molecule has 1 aliphatic rings. The van der Waals surface area contributed by atoms with E-state index in [1.165, 1.54) is 97.0 Å². The Morgan fingerprint density at radius 1 is 0.818 bits per heavy atom. The maximum atomic E-state index is 12.7. The molecule has 0 aliphatic carbocycles. The molecule has 194 valence electrons. The predicted octanol–water partition coefficient (Wildman–Crippen LogP) is 8.13. The number of unbranched alkanes of at least 4 members (excludes halogenated alkanes) is 15. The third kappa shape index (κ3) is 16.8. The Labute approximate surface area is 205 Å². The van der Waals surface area contributed by atoms with Crippen LogP contribution in [0.4, 0.5) is 0 Å². The van der Waals surface area contributed by atoms with E-state index in [1.54, 1.807) is 0 Å². The molecule has 0 bridgehead atoms. The topological polar surface area (TPSA) is 48.0 Å². The van der Waals surface area contributed by atoms with E-state index < -0.39 is 7.82 Å². The van der Waals surface area contributed by atoms with Gasteiger partial charge in [0, 0.05) is 20.2 Å². The second kappa shape index (κ2) is 21.0. The standard InChI is InChI=1S/C27H52NO4P/c1-4-6-7-8-9-10-11-12-13-14-15-16-17-18-19-20-26-31-33(29,30-3)32-27-21-24-28(23-5-2)25-22-27/h2,27H,4,6-26H2,1,3H3. The molecule has 0 aromatic rings. The number of hydrogen-bond acceptors (Lipinski definition) is 5. The summed E-state index contributed by atoms with van der Waals surface area (Å²) in [4.78, 5) is 2.20. The van der Waals surface area contributed by atoms with Crippen LogP contribution in [0, 0.1) is 12.3 Å². The molecule has 0 aromatic heterocycles. The first-order valence-corrected chi connectivity index (χ1v) is 15.2. The van der Waals surface area contributed by atoms with E-state index in [0.29, 0.717) is 13.2 Å². The van der Waals surface area contributed by atoms with Crippen molar-refractivity contribution in [2.24, 2.45) is 0 Å². The van der Waals surface area contributed by atoms with Crippen LogP contribution in [0.15, 0.2) is 0 Å². The maximum absolute atomic E-state index is 12.7. The maximum Gasteiger partial charge on any atom is 0.474 e. The lowest BCUT2D eigenvalue weighted by molar-refractivity contribution is 0.0531. The van der Waals surface area contributed by atoms with E-state index in [0.717, 1.165) is 38.8 Å². The van der Waals surface area contributed by atoms with Gasteiger partial charge >= 0.3 is 7.82 Å². The number of rotatable bonds is 22. The summed E-state index contributed by atoms with van der Waals surface area (Å²) >= 11 is 0. The van der Waals surface area contributed by atoms with E-state index in [-0.39, 0.29) is 6.10 Å². The quantitative estimate of drug-likeness (QED) is 0.0880. The van der Waals surface area contributed by atoms with Gasteiger partial charge < -0.3 is 0 Å². The van der Waals surface area contributed by atoms with Crippen molar-refractivity contribution in [3.05, 3.63) is 0 Å². The Balaban J connectivity index is 1.91. The molecule has 1 aliphatic heterocycles. The van der Waals surface area contributed by atoms with Crippen LogP contribution in [0.25, 0.3) is 0 Å². The molecule has 33 heavy (non-hydrogen) atoms. The fourth-order valence-electron chi connectivity index (χ4n) is 4.44. The second-order valence-corrected chi connectivity index (χ2v) is 11.3. The lowest BCUT2D eigenvalue weighted by atomic mass is 10.0. The summed E-state index contributed by atoms with van der Waals surface area (Å²) in [6.07, 6.45) is 28.2. The molecule has 1 unspecified atom stereocenters. The summed E-state index contributed by atoms with van der Waals surface area (Å²) in [7, 11) is -2.05. The molecule has 0 spiro atoms.